The lowest BCUT2D eigenvalue weighted by molar-refractivity contribution is -0.159. The van der Waals surface area contributed by atoms with E-state index in [0.29, 0.717) is 0 Å². The van der Waals surface area contributed by atoms with Crippen LogP contribution in [0.25, 0.3) is 0 Å². The molecule has 70 valence electrons. The summed E-state index contributed by atoms with van der Waals surface area (Å²) in [5.41, 5.74) is 0. The highest BCUT2D eigenvalue weighted by Gasteiger charge is 2.04. The van der Waals surface area contributed by atoms with Crippen LogP contribution >= 0.6 is 11.8 Å². The number of carboxylic acid groups (broad SMARTS) is 2. The zero-order valence-corrected chi connectivity index (χ0v) is 7.47. The van der Waals surface area contributed by atoms with Crippen LogP contribution in [0.5, 0.6) is 0 Å². The van der Waals surface area contributed by atoms with E-state index in [1.165, 1.54) is 30.8 Å². The average Bonchev–Trinajstić information content (AvgIpc) is 2.08. The molecule has 12 heavy (non-hydrogen) atoms. The molecule has 0 radical (unpaired) electrons. The standard InChI is InChI=1S/C5H10S.C2H2O4/c1-2-4-6-5-3-1;3-1(4)2(5)6/h1-5H2;(H,3,4)(H,5,6). The Morgan fingerprint density at radius 3 is 1.42 bits per heavy atom. The van der Waals surface area contributed by atoms with E-state index in [0.717, 1.165) is 0 Å². The molecule has 0 spiro atoms. The molecule has 0 bridgehead atoms. The fourth-order valence-electron chi connectivity index (χ4n) is 0.687. The Labute approximate surface area is 75.0 Å². The van der Waals surface area contributed by atoms with Crippen LogP contribution in [0.3, 0.4) is 0 Å². The van der Waals surface area contributed by atoms with E-state index in [9.17, 15) is 0 Å². The largest absolute Gasteiger partial charge is 0.473 e. The molecule has 1 aliphatic heterocycles. The minimum Gasteiger partial charge on any atom is -0.473 e. The third kappa shape index (κ3) is 7.40. The normalized spacial score (nSPS) is 15.7. The lowest BCUT2D eigenvalue weighted by atomic mass is 10.3. The van der Waals surface area contributed by atoms with Crippen LogP contribution in [0.2, 0.25) is 0 Å². The maximum atomic E-state index is 9.10. The van der Waals surface area contributed by atoms with Gasteiger partial charge in [0.1, 0.15) is 0 Å². The van der Waals surface area contributed by atoms with E-state index in [1.54, 1.807) is 0 Å². The number of hydrogen-bond donors (Lipinski definition) is 2. The molecule has 0 aromatic rings. The number of aliphatic carboxylic acids is 2. The van der Waals surface area contributed by atoms with Crippen LogP contribution in [-0.2, 0) is 9.59 Å². The van der Waals surface area contributed by atoms with Crippen LogP contribution < -0.4 is 0 Å². The number of thioether (sulfide) groups is 1. The van der Waals surface area contributed by atoms with Crippen LogP contribution in [-0.4, -0.2) is 33.7 Å². The first kappa shape index (κ1) is 11.3. The molecule has 0 aromatic heterocycles. The maximum absolute atomic E-state index is 9.10. The summed E-state index contributed by atoms with van der Waals surface area (Å²) in [6.45, 7) is 0. The fourth-order valence-corrected chi connectivity index (χ4v) is 1.71. The molecule has 1 heterocycles. The minimum atomic E-state index is -1.82. The van der Waals surface area contributed by atoms with Crippen molar-refractivity contribution in [3.63, 3.8) is 0 Å². The molecule has 0 aliphatic carbocycles. The van der Waals surface area contributed by atoms with Gasteiger partial charge in [-0.3, -0.25) is 0 Å². The second kappa shape index (κ2) is 6.97. The summed E-state index contributed by atoms with van der Waals surface area (Å²) in [4.78, 5) is 18.2. The van der Waals surface area contributed by atoms with E-state index >= 15 is 0 Å². The third-order valence-electron chi connectivity index (χ3n) is 1.26. The van der Waals surface area contributed by atoms with Gasteiger partial charge in [-0.1, -0.05) is 6.42 Å². The molecule has 1 rings (SSSR count). The van der Waals surface area contributed by atoms with Gasteiger partial charge < -0.3 is 10.2 Å². The van der Waals surface area contributed by atoms with Crippen molar-refractivity contribution in [1.29, 1.82) is 0 Å². The van der Waals surface area contributed by atoms with Crippen LogP contribution in [0, 0.1) is 0 Å². The van der Waals surface area contributed by atoms with Gasteiger partial charge in [0.25, 0.3) is 0 Å². The predicted octanol–water partition coefficient (Wildman–Crippen LogP) is 1.06. The van der Waals surface area contributed by atoms with E-state index in [4.69, 9.17) is 19.8 Å². The average molecular weight is 192 g/mol. The quantitative estimate of drug-likeness (QED) is 0.561. The van der Waals surface area contributed by atoms with Crippen molar-refractivity contribution in [2.75, 3.05) is 11.5 Å². The summed E-state index contributed by atoms with van der Waals surface area (Å²) in [6, 6.07) is 0. The van der Waals surface area contributed by atoms with E-state index in [-0.39, 0.29) is 0 Å². The van der Waals surface area contributed by atoms with Crippen molar-refractivity contribution in [2.45, 2.75) is 19.3 Å². The number of carboxylic acids is 2. The van der Waals surface area contributed by atoms with Gasteiger partial charge in [-0.15, -0.1) is 0 Å². The highest BCUT2D eigenvalue weighted by molar-refractivity contribution is 7.99. The number of rotatable bonds is 0. The molecule has 1 saturated heterocycles. The molecule has 0 aromatic carbocycles. The van der Waals surface area contributed by atoms with Gasteiger partial charge in [-0.25, -0.2) is 9.59 Å². The van der Waals surface area contributed by atoms with Gasteiger partial charge >= 0.3 is 11.9 Å². The van der Waals surface area contributed by atoms with E-state index < -0.39 is 11.9 Å². The Kier molecular flexibility index (Phi) is 6.55. The van der Waals surface area contributed by atoms with Crippen LogP contribution in [0.4, 0.5) is 0 Å². The van der Waals surface area contributed by atoms with Gasteiger partial charge in [-0.2, -0.15) is 11.8 Å². The van der Waals surface area contributed by atoms with E-state index in [2.05, 4.69) is 11.8 Å². The second-order valence-electron chi connectivity index (χ2n) is 2.28. The molecule has 2 N–H and O–H groups in total. The predicted molar refractivity (Wildman–Crippen MR) is 46.4 cm³/mol. The van der Waals surface area contributed by atoms with Crippen molar-refractivity contribution < 1.29 is 19.8 Å². The topological polar surface area (TPSA) is 74.6 Å². The first-order valence-electron chi connectivity index (χ1n) is 3.68. The van der Waals surface area contributed by atoms with E-state index in [1.807, 2.05) is 0 Å². The summed E-state index contributed by atoms with van der Waals surface area (Å²) in [5.74, 6) is -0.815. The number of hydrogen-bond acceptors (Lipinski definition) is 3. The highest BCUT2D eigenvalue weighted by Crippen LogP contribution is 2.14. The molecular weight excluding hydrogens is 180 g/mol. The lowest BCUT2D eigenvalue weighted by Gasteiger charge is -2.05. The Morgan fingerprint density at radius 1 is 0.917 bits per heavy atom. The summed E-state index contributed by atoms with van der Waals surface area (Å²) in [6.07, 6.45) is 4.41. The van der Waals surface area contributed by atoms with Crippen LogP contribution in [0.15, 0.2) is 0 Å². The monoisotopic (exact) mass is 192 g/mol. The zero-order valence-electron chi connectivity index (χ0n) is 6.65. The smallest absolute Gasteiger partial charge is 0.414 e. The molecule has 5 heteroatoms. The second-order valence-corrected chi connectivity index (χ2v) is 3.51. The summed E-state index contributed by atoms with van der Waals surface area (Å²) in [5, 5.41) is 14.8. The maximum Gasteiger partial charge on any atom is 0.414 e. The highest BCUT2D eigenvalue weighted by atomic mass is 32.2. The third-order valence-corrected chi connectivity index (χ3v) is 2.42. The van der Waals surface area contributed by atoms with Crippen molar-refractivity contribution >= 4 is 23.7 Å². The van der Waals surface area contributed by atoms with Gasteiger partial charge in [0.05, 0.1) is 0 Å². The molecule has 1 fully saturated rings. The first-order valence-corrected chi connectivity index (χ1v) is 4.84. The molecular formula is C7H12O4S. The SMILES string of the molecule is C1CCSCC1.O=C(O)C(=O)O. The van der Waals surface area contributed by atoms with Crippen LogP contribution in [0.1, 0.15) is 19.3 Å². The Morgan fingerprint density at radius 2 is 1.33 bits per heavy atom. The summed E-state index contributed by atoms with van der Waals surface area (Å²) >= 11 is 2.09. The van der Waals surface area contributed by atoms with Gasteiger partial charge in [0, 0.05) is 0 Å². The molecule has 0 amide bonds. The molecule has 1 aliphatic rings. The Hall–Kier alpha value is -0.710. The molecule has 0 atom stereocenters. The first-order chi connectivity index (χ1) is 5.64. The summed E-state index contributed by atoms with van der Waals surface area (Å²) in [7, 11) is 0. The van der Waals surface area contributed by atoms with Crippen molar-refractivity contribution in [3.8, 4) is 0 Å². The lowest BCUT2D eigenvalue weighted by Crippen LogP contribution is -2.09. The Bertz CT molecular complexity index is 130. The van der Waals surface area contributed by atoms with Crippen molar-refractivity contribution in [2.24, 2.45) is 0 Å². The minimum absolute atomic E-state index is 1.42. The van der Waals surface area contributed by atoms with Crippen molar-refractivity contribution in [3.05, 3.63) is 0 Å². The molecule has 0 saturated carbocycles. The van der Waals surface area contributed by atoms with Gasteiger partial charge in [0.15, 0.2) is 0 Å². The van der Waals surface area contributed by atoms with Gasteiger partial charge in [-0.05, 0) is 24.3 Å². The molecule has 4 nitrogen and oxygen atoms in total. The molecule has 0 unspecified atom stereocenters. The fraction of sp³-hybridized carbons (Fsp3) is 0.714. The Balaban J connectivity index is 0.000000202. The summed E-state index contributed by atoms with van der Waals surface area (Å²) < 4.78 is 0. The van der Waals surface area contributed by atoms with Crippen molar-refractivity contribution in [1.82, 2.24) is 0 Å². The van der Waals surface area contributed by atoms with Gasteiger partial charge in [0.2, 0.25) is 0 Å². The number of carbonyl (C=O) groups is 2. The zero-order chi connectivity index (χ0) is 9.40.